The molecule has 0 aromatic heterocycles. The third-order valence-corrected chi connectivity index (χ3v) is 5.32. The van der Waals surface area contributed by atoms with Gasteiger partial charge >= 0.3 is 0 Å². The highest BCUT2D eigenvalue weighted by Gasteiger charge is 2.25. The van der Waals surface area contributed by atoms with Crippen molar-refractivity contribution in [2.75, 3.05) is 6.54 Å². The van der Waals surface area contributed by atoms with Gasteiger partial charge in [0.15, 0.2) is 0 Å². The molecular weight excluding hydrogens is 332 g/mol. The third-order valence-electron chi connectivity index (χ3n) is 3.90. The van der Waals surface area contributed by atoms with Gasteiger partial charge in [0.2, 0.25) is 10.0 Å². The van der Waals surface area contributed by atoms with E-state index in [4.69, 9.17) is 4.74 Å². The Morgan fingerprint density at radius 1 is 1.29 bits per heavy atom. The fraction of sp³-hybridized carbons (Fsp3) is 0.250. The Hall–Kier alpha value is -2.45. The van der Waals surface area contributed by atoms with E-state index in [0.29, 0.717) is 12.0 Å². The lowest BCUT2D eigenvalue weighted by Crippen LogP contribution is -2.34. The first kappa shape index (κ1) is 16.4. The van der Waals surface area contributed by atoms with Crippen molar-refractivity contribution in [2.24, 2.45) is 0 Å². The molecule has 7 nitrogen and oxygen atoms in total. The molecule has 3 rings (SSSR count). The summed E-state index contributed by atoms with van der Waals surface area (Å²) in [4.78, 5) is 10.2. The van der Waals surface area contributed by atoms with E-state index in [1.165, 1.54) is 12.1 Å². The summed E-state index contributed by atoms with van der Waals surface area (Å²) in [5, 5.41) is 11.0. The van der Waals surface area contributed by atoms with Crippen LogP contribution in [0, 0.1) is 17.0 Å². The van der Waals surface area contributed by atoms with Crippen molar-refractivity contribution >= 4 is 15.7 Å². The maximum absolute atomic E-state index is 12.4. The molecule has 126 valence electrons. The van der Waals surface area contributed by atoms with Crippen molar-refractivity contribution in [1.82, 2.24) is 4.72 Å². The van der Waals surface area contributed by atoms with Crippen molar-refractivity contribution in [3.63, 3.8) is 0 Å². The molecule has 2 aromatic carbocycles. The van der Waals surface area contributed by atoms with Crippen molar-refractivity contribution in [2.45, 2.75) is 24.3 Å². The average molecular weight is 348 g/mol. The molecule has 0 radical (unpaired) electrons. The van der Waals surface area contributed by atoms with Gasteiger partial charge in [0, 0.05) is 24.6 Å². The summed E-state index contributed by atoms with van der Waals surface area (Å²) in [5.41, 5.74) is 1.23. The number of fused-ring (bicyclic) bond motifs is 1. The molecule has 8 heteroatoms. The van der Waals surface area contributed by atoms with Crippen LogP contribution in [0.5, 0.6) is 5.75 Å². The number of nitro benzene ring substituents is 1. The lowest BCUT2D eigenvalue weighted by Gasteiger charge is -2.12. The largest absolute Gasteiger partial charge is 0.488 e. The SMILES string of the molecule is Cc1ccc(S(=O)(=O)NC[C@H]2Cc3ccccc3O2)cc1[N+](=O)[O-]. The Morgan fingerprint density at radius 2 is 2.04 bits per heavy atom. The van der Waals surface area contributed by atoms with Gasteiger partial charge in [-0.3, -0.25) is 10.1 Å². The van der Waals surface area contributed by atoms with E-state index in [9.17, 15) is 18.5 Å². The maximum Gasteiger partial charge on any atom is 0.273 e. The summed E-state index contributed by atoms with van der Waals surface area (Å²) in [7, 11) is -3.84. The Morgan fingerprint density at radius 3 is 2.75 bits per heavy atom. The van der Waals surface area contributed by atoms with Crippen LogP contribution in [-0.2, 0) is 16.4 Å². The van der Waals surface area contributed by atoms with Crippen LogP contribution in [0.4, 0.5) is 5.69 Å². The molecule has 1 heterocycles. The monoisotopic (exact) mass is 348 g/mol. The minimum atomic E-state index is -3.84. The normalized spacial score (nSPS) is 16.5. The second-order valence-corrected chi connectivity index (χ2v) is 7.38. The molecule has 2 aromatic rings. The molecule has 0 unspecified atom stereocenters. The van der Waals surface area contributed by atoms with Crippen molar-refractivity contribution in [3.05, 3.63) is 63.7 Å². The van der Waals surface area contributed by atoms with Crippen LogP contribution in [0.3, 0.4) is 0 Å². The maximum atomic E-state index is 12.4. The summed E-state index contributed by atoms with van der Waals surface area (Å²) in [6, 6.07) is 11.4. The molecule has 0 aliphatic carbocycles. The molecule has 0 amide bonds. The van der Waals surface area contributed by atoms with Crippen LogP contribution in [0.1, 0.15) is 11.1 Å². The minimum absolute atomic E-state index is 0.0959. The van der Waals surface area contributed by atoms with Gasteiger partial charge in [-0.25, -0.2) is 13.1 Å². The Bertz CT molecular complexity index is 870. The minimum Gasteiger partial charge on any atom is -0.488 e. The molecule has 1 aliphatic rings. The highest BCUT2D eigenvalue weighted by Crippen LogP contribution is 2.28. The number of rotatable bonds is 5. The van der Waals surface area contributed by atoms with Crippen molar-refractivity contribution in [1.29, 1.82) is 0 Å². The van der Waals surface area contributed by atoms with Crippen LogP contribution in [-0.4, -0.2) is 26.0 Å². The van der Waals surface area contributed by atoms with Gasteiger partial charge < -0.3 is 4.74 Å². The molecule has 0 saturated carbocycles. The second kappa shape index (κ2) is 6.21. The zero-order valence-corrected chi connectivity index (χ0v) is 13.7. The van der Waals surface area contributed by atoms with E-state index in [1.807, 2.05) is 24.3 Å². The number of aryl methyl sites for hydroxylation is 1. The number of hydrogen-bond donors (Lipinski definition) is 1. The molecule has 1 N–H and O–H groups in total. The molecule has 0 bridgehead atoms. The van der Waals surface area contributed by atoms with E-state index < -0.39 is 14.9 Å². The number of sulfonamides is 1. The Kier molecular flexibility index (Phi) is 4.25. The number of nitro groups is 1. The van der Waals surface area contributed by atoms with Gasteiger partial charge in [0.05, 0.1) is 9.82 Å². The number of ether oxygens (including phenoxy) is 1. The zero-order valence-electron chi connectivity index (χ0n) is 12.9. The van der Waals surface area contributed by atoms with Crippen LogP contribution in [0.25, 0.3) is 0 Å². The number of benzene rings is 2. The first-order chi connectivity index (χ1) is 11.4. The fourth-order valence-electron chi connectivity index (χ4n) is 2.61. The molecule has 0 fully saturated rings. The summed E-state index contributed by atoms with van der Waals surface area (Å²) in [6.07, 6.45) is 0.324. The van der Waals surface area contributed by atoms with Gasteiger partial charge in [-0.15, -0.1) is 0 Å². The topological polar surface area (TPSA) is 98.5 Å². The lowest BCUT2D eigenvalue weighted by molar-refractivity contribution is -0.385. The van der Waals surface area contributed by atoms with Crippen LogP contribution in [0.15, 0.2) is 47.4 Å². The summed E-state index contributed by atoms with van der Waals surface area (Å²) >= 11 is 0. The highest BCUT2D eigenvalue weighted by atomic mass is 32.2. The molecule has 0 spiro atoms. The third kappa shape index (κ3) is 3.24. The number of hydrogen-bond acceptors (Lipinski definition) is 5. The predicted molar refractivity (Wildman–Crippen MR) is 87.6 cm³/mol. The van der Waals surface area contributed by atoms with Gasteiger partial charge in [-0.2, -0.15) is 0 Å². The van der Waals surface area contributed by atoms with Crippen LogP contribution >= 0.6 is 0 Å². The number of nitrogens with zero attached hydrogens (tertiary/aromatic N) is 1. The average Bonchev–Trinajstić information content (AvgIpc) is 2.96. The Balaban J connectivity index is 1.71. The standard InChI is InChI=1S/C16H16N2O5S/c1-11-6-7-14(9-15(11)18(19)20)24(21,22)17-10-13-8-12-4-2-3-5-16(12)23-13/h2-7,9,13,17H,8,10H2,1H3/t13-/m1/s1. The molecule has 1 atom stereocenters. The van der Waals surface area contributed by atoms with E-state index in [1.54, 1.807) is 6.92 Å². The zero-order chi connectivity index (χ0) is 17.3. The molecule has 24 heavy (non-hydrogen) atoms. The first-order valence-corrected chi connectivity index (χ1v) is 8.84. The highest BCUT2D eigenvalue weighted by molar-refractivity contribution is 7.89. The van der Waals surface area contributed by atoms with Gasteiger partial charge in [-0.05, 0) is 24.6 Å². The van der Waals surface area contributed by atoms with Gasteiger partial charge in [-0.1, -0.05) is 24.3 Å². The number of nitrogens with one attached hydrogen (secondary N) is 1. The van der Waals surface area contributed by atoms with E-state index >= 15 is 0 Å². The summed E-state index contributed by atoms with van der Waals surface area (Å²) in [6.45, 7) is 1.66. The van der Waals surface area contributed by atoms with Gasteiger partial charge in [0.1, 0.15) is 11.9 Å². The van der Waals surface area contributed by atoms with Crippen molar-refractivity contribution < 1.29 is 18.1 Å². The van der Waals surface area contributed by atoms with E-state index in [-0.39, 0.29) is 23.2 Å². The van der Waals surface area contributed by atoms with Gasteiger partial charge in [0.25, 0.3) is 5.69 Å². The Labute approximate surface area is 139 Å². The van der Waals surface area contributed by atoms with Crippen LogP contribution < -0.4 is 9.46 Å². The van der Waals surface area contributed by atoms with E-state index in [2.05, 4.69) is 4.72 Å². The van der Waals surface area contributed by atoms with Crippen LogP contribution in [0.2, 0.25) is 0 Å². The summed E-state index contributed by atoms with van der Waals surface area (Å²) < 4.78 is 32.9. The quantitative estimate of drug-likeness (QED) is 0.660. The fourth-order valence-corrected chi connectivity index (χ4v) is 3.69. The smallest absolute Gasteiger partial charge is 0.273 e. The van der Waals surface area contributed by atoms with E-state index in [0.717, 1.165) is 17.4 Å². The second-order valence-electron chi connectivity index (χ2n) is 5.61. The molecule has 0 saturated heterocycles. The lowest BCUT2D eigenvalue weighted by atomic mass is 10.1. The molecule has 1 aliphatic heterocycles. The summed E-state index contributed by atoms with van der Waals surface area (Å²) in [5.74, 6) is 0.757. The number of para-hydroxylation sites is 1. The van der Waals surface area contributed by atoms with Crippen molar-refractivity contribution in [3.8, 4) is 5.75 Å². The molecular formula is C16H16N2O5S. The first-order valence-electron chi connectivity index (χ1n) is 7.36. The predicted octanol–water partition coefficient (Wildman–Crippen LogP) is 2.19.